The van der Waals surface area contributed by atoms with Gasteiger partial charge in [-0.15, -0.1) is 0 Å². The number of hydrogen-bond donors (Lipinski definition) is 0. The predicted molar refractivity (Wildman–Crippen MR) is 59.8 cm³/mol. The van der Waals surface area contributed by atoms with E-state index in [1.54, 1.807) is 0 Å². The Balaban J connectivity index is 2.99. The maximum absolute atomic E-state index is 3.84. The zero-order valence-corrected chi connectivity index (χ0v) is 8.80. The van der Waals surface area contributed by atoms with Gasteiger partial charge >= 0.3 is 0 Å². The van der Waals surface area contributed by atoms with Crippen molar-refractivity contribution >= 4 is 6.08 Å². The van der Waals surface area contributed by atoms with Crippen LogP contribution in [0.25, 0.3) is 6.08 Å². The molecular weight excluding hydrogens is 156 g/mol. The third kappa shape index (κ3) is 2.73. The molecule has 0 heteroatoms. The molecule has 1 rings (SSSR count). The first kappa shape index (κ1) is 10.0. The van der Waals surface area contributed by atoms with Crippen LogP contribution in [0, 0.1) is 12.8 Å². The first-order chi connectivity index (χ1) is 6.13. The summed E-state index contributed by atoms with van der Waals surface area (Å²) in [5.74, 6) is 0.710. The van der Waals surface area contributed by atoms with Crippen molar-refractivity contribution in [3.05, 3.63) is 41.5 Å². The molecule has 1 aromatic carbocycles. The minimum absolute atomic E-state index is 0.710. The number of aryl methyl sites for hydroxylation is 1. The molecule has 0 fully saturated rings. The fourth-order valence-corrected chi connectivity index (χ4v) is 1.53. The van der Waals surface area contributed by atoms with Crippen LogP contribution in [0.15, 0.2) is 24.8 Å². The second kappa shape index (κ2) is 4.27. The number of benzene rings is 1. The second-order valence-electron chi connectivity index (χ2n) is 4.00. The Bertz CT molecular complexity index is 295. The summed E-state index contributed by atoms with van der Waals surface area (Å²) < 4.78 is 0. The van der Waals surface area contributed by atoms with E-state index in [0.29, 0.717) is 5.92 Å². The molecule has 0 aliphatic carbocycles. The van der Waals surface area contributed by atoms with Gasteiger partial charge in [-0.25, -0.2) is 0 Å². The zero-order valence-electron chi connectivity index (χ0n) is 8.80. The van der Waals surface area contributed by atoms with Crippen molar-refractivity contribution in [3.8, 4) is 0 Å². The quantitative estimate of drug-likeness (QED) is 0.653. The van der Waals surface area contributed by atoms with Crippen molar-refractivity contribution in [2.24, 2.45) is 5.92 Å². The average Bonchev–Trinajstić information content (AvgIpc) is 2.07. The molecule has 13 heavy (non-hydrogen) atoms. The lowest BCUT2D eigenvalue weighted by atomic mass is 9.96. The van der Waals surface area contributed by atoms with Gasteiger partial charge in [-0.2, -0.15) is 0 Å². The standard InChI is InChI=1S/C13H18/c1-5-12-9-11(4)6-7-13(12)8-10(2)3/h5-7,9-10H,1,8H2,2-4H3. The molecular formula is C13H18. The lowest BCUT2D eigenvalue weighted by molar-refractivity contribution is 0.646. The Labute approximate surface area is 81.3 Å². The van der Waals surface area contributed by atoms with Gasteiger partial charge in [0.15, 0.2) is 0 Å². The average molecular weight is 174 g/mol. The van der Waals surface area contributed by atoms with Gasteiger partial charge in [-0.05, 0) is 30.4 Å². The maximum atomic E-state index is 3.84. The molecule has 0 radical (unpaired) electrons. The SMILES string of the molecule is C=Cc1cc(C)ccc1CC(C)C. The lowest BCUT2D eigenvalue weighted by Crippen LogP contribution is -1.96. The van der Waals surface area contributed by atoms with Crippen LogP contribution in [0.4, 0.5) is 0 Å². The fourth-order valence-electron chi connectivity index (χ4n) is 1.53. The smallest absolute Gasteiger partial charge is 0.0228 e. The molecule has 0 aliphatic heterocycles. The van der Waals surface area contributed by atoms with Crippen LogP contribution < -0.4 is 0 Å². The molecule has 0 saturated heterocycles. The van der Waals surface area contributed by atoms with Crippen LogP contribution in [0.3, 0.4) is 0 Å². The van der Waals surface area contributed by atoms with Crippen molar-refractivity contribution < 1.29 is 0 Å². The summed E-state index contributed by atoms with van der Waals surface area (Å²) in [4.78, 5) is 0. The molecule has 0 N–H and O–H groups in total. The van der Waals surface area contributed by atoms with Crippen molar-refractivity contribution in [2.45, 2.75) is 27.2 Å². The van der Waals surface area contributed by atoms with Crippen LogP contribution in [0.2, 0.25) is 0 Å². The largest absolute Gasteiger partial charge is 0.0985 e. The van der Waals surface area contributed by atoms with Gasteiger partial charge in [0.2, 0.25) is 0 Å². The van der Waals surface area contributed by atoms with Crippen molar-refractivity contribution in [1.29, 1.82) is 0 Å². The summed E-state index contributed by atoms with van der Waals surface area (Å²) in [7, 11) is 0. The first-order valence-electron chi connectivity index (χ1n) is 4.85. The Morgan fingerprint density at radius 3 is 2.62 bits per heavy atom. The molecule has 0 bridgehead atoms. The Morgan fingerprint density at radius 1 is 1.38 bits per heavy atom. The topological polar surface area (TPSA) is 0 Å². The van der Waals surface area contributed by atoms with Crippen molar-refractivity contribution in [3.63, 3.8) is 0 Å². The first-order valence-corrected chi connectivity index (χ1v) is 4.85. The van der Waals surface area contributed by atoms with E-state index in [2.05, 4.69) is 45.5 Å². The van der Waals surface area contributed by atoms with Gasteiger partial charge in [0.05, 0.1) is 0 Å². The van der Waals surface area contributed by atoms with Crippen LogP contribution in [-0.4, -0.2) is 0 Å². The second-order valence-corrected chi connectivity index (χ2v) is 4.00. The molecule has 0 aromatic heterocycles. The molecule has 0 unspecified atom stereocenters. The Morgan fingerprint density at radius 2 is 2.08 bits per heavy atom. The highest BCUT2D eigenvalue weighted by atomic mass is 14.1. The van der Waals surface area contributed by atoms with E-state index in [4.69, 9.17) is 0 Å². The normalized spacial score (nSPS) is 10.5. The maximum Gasteiger partial charge on any atom is -0.0228 e. The highest BCUT2D eigenvalue weighted by Gasteiger charge is 2.01. The van der Waals surface area contributed by atoms with Crippen molar-refractivity contribution in [1.82, 2.24) is 0 Å². The summed E-state index contributed by atoms with van der Waals surface area (Å²) in [5, 5.41) is 0. The van der Waals surface area contributed by atoms with E-state index in [1.807, 2.05) is 6.08 Å². The molecule has 0 atom stereocenters. The molecule has 0 saturated carbocycles. The molecule has 1 aromatic rings. The van der Waals surface area contributed by atoms with Crippen LogP contribution in [0.1, 0.15) is 30.5 Å². The Hall–Kier alpha value is -1.04. The summed E-state index contributed by atoms with van der Waals surface area (Å²) >= 11 is 0. The highest BCUT2D eigenvalue weighted by molar-refractivity contribution is 5.53. The fraction of sp³-hybridized carbons (Fsp3) is 0.385. The van der Waals surface area contributed by atoms with E-state index >= 15 is 0 Å². The minimum Gasteiger partial charge on any atom is -0.0985 e. The molecule has 0 heterocycles. The summed E-state index contributed by atoms with van der Waals surface area (Å²) in [6, 6.07) is 6.59. The third-order valence-electron chi connectivity index (χ3n) is 2.15. The minimum atomic E-state index is 0.710. The van der Waals surface area contributed by atoms with E-state index < -0.39 is 0 Å². The predicted octanol–water partition coefficient (Wildman–Crippen LogP) is 3.84. The van der Waals surface area contributed by atoms with E-state index in [0.717, 1.165) is 6.42 Å². The van der Waals surface area contributed by atoms with E-state index in [-0.39, 0.29) is 0 Å². The van der Waals surface area contributed by atoms with Crippen LogP contribution >= 0.6 is 0 Å². The summed E-state index contributed by atoms with van der Waals surface area (Å²) in [6.45, 7) is 10.4. The highest BCUT2D eigenvalue weighted by Crippen LogP contribution is 2.16. The van der Waals surface area contributed by atoms with Gasteiger partial charge in [0, 0.05) is 0 Å². The monoisotopic (exact) mass is 174 g/mol. The molecule has 0 amide bonds. The number of hydrogen-bond acceptors (Lipinski definition) is 0. The van der Waals surface area contributed by atoms with E-state index in [9.17, 15) is 0 Å². The summed E-state index contributed by atoms with van der Waals surface area (Å²) in [6.07, 6.45) is 3.09. The van der Waals surface area contributed by atoms with E-state index in [1.165, 1.54) is 16.7 Å². The number of rotatable bonds is 3. The molecule has 70 valence electrons. The molecule has 0 aliphatic rings. The molecule has 0 nitrogen and oxygen atoms in total. The lowest BCUT2D eigenvalue weighted by Gasteiger charge is -2.09. The van der Waals surface area contributed by atoms with Crippen LogP contribution in [0.5, 0.6) is 0 Å². The van der Waals surface area contributed by atoms with Gasteiger partial charge in [-0.3, -0.25) is 0 Å². The third-order valence-corrected chi connectivity index (χ3v) is 2.15. The van der Waals surface area contributed by atoms with Gasteiger partial charge in [-0.1, -0.05) is 50.3 Å². The Kier molecular flexibility index (Phi) is 3.30. The van der Waals surface area contributed by atoms with Gasteiger partial charge in [0.1, 0.15) is 0 Å². The molecule has 0 spiro atoms. The zero-order chi connectivity index (χ0) is 9.84. The van der Waals surface area contributed by atoms with Crippen molar-refractivity contribution in [2.75, 3.05) is 0 Å². The summed E-state index contributed by atoms with van der Waals surface area (Å²) in [5.41, 5.74) is 4.01. The van der Waals surface area contributed by atoms with Gasteiger partial charge < -0.3 is 0 Å². The van der Waals surface area contributed by atoms with Crippen LogP contribution in [-0.2, 0) is 6.42 Å². The van der Waals surface area contributed by atoms with Gasteiger partial charge in [0.25, 0.3) is 0 Å².